The molecular formula is C90H122N22O21S. The number of amides is 18. The number of aliphatic hydroxyl groups excluding tert-OH is 2. The number of para-hydroxylation sites is 2. The summed E-state index contributed by atoms with van der Waals surface area (Å²) in [7, 11) is 3.94. The van der Waals surface area contributed by atoms with Crippen molar-refractivity contribution in [3.05, 3.63) is 120 Å². The molecule has 0 spiro atoms. The number of nitrogens with one attached hydrogen (secondary N) is 13. The number of benzene rings is 3. The third-order valence-electron chi connectivity index (χ3n) is 24.6. The van der Waals surface area contributed by atoms with Crippen molar-refractivity contribution >= 4 is 140 Å². The van der Waals surface area contributed by atoms with Gasteiger partial charge in [-0.15, -0.1) is 11.8 Å². The molecule has 22 N–H and O–H groups in total. The van der Waals surface area contributed by atoms with Gasteiger partial charge in [-0.1, -0.05) is 101 Å². The lowest BCUT2D eigenvalue weighted by molar-refractivity contribution is -0.149. The number of hydrogen-bond acceptors (Lipinski definition) is 23. The number of carbonyl (C=O) groups excluding carboxylic acids is 18. The van der Waals surface area contributed by atoms with Crippen LogP contribution in [0, 0.1) is 5.92 Å². The number of thioether (sulfide) groups is 1. The van der Waals surface area contributed by atoms with Crippen molar-refractivity contribution in [3.63, 3.8) is 0 Å². The number of imidazole rings is 1. The number of aromatic nitrogens is 4. The number of primary amides is 3. The maximum Gasteiger partial charge on any atom is 0.246 e. The summed E-state index contributed by atoms with van der Waals surface area (Å²) >= 11 is 0.797. The Morgan fingerprint density at radius 3 is 1.66 bits per heavy atom. The highest BCUT2D eigenvalue weighted by molar-refractivity contribution is 8.00. The molecule has 0 bridgehead atoms. The molecule has 43 nitrogen and oxygen atoms in total. The monoisotopic (exact) mass is 1880 g/mol. The van der Waals surface area contributed by atoms with Gasteiger partial charge in [0.2, 0.25) is 106 Å². The highest BCUT2D eigenvalue weighted by Crippen LogP contribution is 2.34. The molecule has 10 rings (SSSR count). The van der Waals surface area contributed by atoms with E-state index in [-0.39, 0.29) is 75.3 Å². The summed E-state index contributed by atoms with van der Waals surface area (Å²) in [4.78, 5) is 281. The molecule has 4 fully saturated rings. The van der Waals surface area contributed by atoms with Crippen LogP contribution in [0.2, 0.25) is 0 Å². The number of nitrogens with zero attached hydrogens (tertiary/aromatic N) is 6. The predicted molar refractivity (Wildman–Crippen MR) is 487 cm³/mol. The van der Waals surface area contributed by atoms with E-state index in [2.05, 4.69) is 73.1 Å². The van der Waals surface area contributed by atoms with Crippen LogP contribution in [-0.2, 0) is 112 Å². The number of phenols is 1. The molecule has 3 aromatic heterocycles. The Morgan fingerprint density at radius 2 is 1.06 bits per heavy atom. The Morgan fingerprint density at radius 1 is 0.522 bits per heavy atom. The van der Waals surface area contributed by atoms with E-state index in [4.69, 9.17) is 17.2 Å². The summed E-state index contributed by atoms with van der Waals surface area (Å²) < 4.78 is 0. The highest BCUT2D eigenvalue weighted by atomic mass is 32.2. The van der Waals surface area contributed by atoms with Crippen molar-refractivity contribution in [1.82, 2.24) is 97.6 Å². The molecule has 6 aromatic rings. The van der Waals surface area contributed by atoms with Gasteiger partial charge < -0.3 is 125 Å². The summed E-state index contributed by atoms with van der Waals surface area (Å²) in [5, 5.41) is 60.4. The van der Waals surface area contributed by atoms with Gasteiger partial charge >= 0.3 is 0 Å². The fourth-order valence-electron chi connectivity index (χ4n) is 16.8. The summed E-state index contributed by atoms with van der Waals surface area (Å²) in [6.45, 7) is 2.44. The number of unbranched alkanes of at least 4 members (excludes halogenated alkanes) is 2. The van der Waals surface area contributed by atoms with Gasteiger partial charge in [0.1, 0.15) is 90.3 Å². The largest absolute Gasteiger partial charge is 0.508 e. The first-order chi connectivity index (χ1) is 63.9. The second-order valence-electron chi connectivity index (χ2n) is 34.5. The molecule has 18 amide bonds. The number of phenolic OH excluding ortho intramolecular Hbond substituents is 1. The quantitative estimate of drug-likeness (QED) is 0.0269. The third-order valence-corrected chi connectivity index (χ3v) is 25.6. The fourth-order valence-corrected chi connectivity index (χ4v) is 17.6. The molecule has 44 heteroatoms. The minimum Gasteiger partial charge on any atom is -0.508 e. The molecule has 3 aromatic carbocycles. The second kappa shape index (κ2) is 48.2. The van der Waals surface area contributed by atoms with Gasteiger partial charge in [-0.2, -0.15) is 0 Å². The van der Waals surface area contributed by atoms with Crippen LogP contribution in [0.3, 0.4) is 0 Å². The van der Waals surface area contributed by atoms with Gasteiger partial charge in [-0.3, -0.25) is 86.3 Å². The molecule has 0 radical (unpaired) electrons. The summed E-state index contributed by atoms with van der Waals surface area (Å²) in [5.41, 5.74) is 19.6. The topological polar surface area (TPSA) is 643 Å². The highest BCUT2D eigenvalue weighted by Gasteiger charge is 2.47. The second-order valence-corrected chi connectivity index (χ2v) is 35.6. The minimum absolute atomic E-state index is 0.0105. The Labute approximate surface area is 776 Å². The Balaban J connectivity index is 1.01. The molecule has 134 heavy (non-hydrogen) atoms. The average Bonchev–Trinajstić information content (AvgIpc) is 1.58. The summed E-state index contributed by atoms with van der Waals surface area (Å²) in [6, 6.07) is -2.60. The summed E-state index contributed by atoms with van der Waals surface area (Å²) in [6.07, 6.45) is 3.95. The molecule has 6 heterocycles. The minimum atomic E-state index is -1.91. The SMILES string of the molecule is CCCC[C@H]1C(=O)N(C)[C@@H](CCCC)C(=O)N[C@@H](CC2CC2)C(=O)N[C@H](C(=O)NCC(N)=O)CSCC(=O)NC(Cc2ccc(O)cc2)C(=O)N(C)[C@@H](C)C(=O)N[C@@H](CC(N)=O)C(=O)N2CCC[C@H]2C(=O)N[C@@H](Cc2c[nH]cn2)C(=O)N[C@@H](CCC(N)=O)C(=O)N2C[C@H](O)C[C@H]2C(=O)N[C@@H](Cc2c[nH]c3ccccc23)C(=O)N[C@@H](CO)C(=O)N[C@@H](Cc2c[nH]c3ccccc23)C(=O)N1C. The zero-order valence-corrected chi connectivity index (χ0v) is 76.5. The van der Waals surface area contributed by atoms with Crippen molar-refractivity contribution in [2.24, 2.45) is 23.1 Å². The first-order valence-electron chi connectivity index (χ1n) is 44.9. The number of nitrogens with two attached hydrogens (primary N) is 3. The normalized spacial score (nSPS) is 25.4. The van der Waals surface area contributed by atoms with E-state index in [1.165, 1.54) is 69.8 Å². The van der Waals surface area contributed by atoms with Gasteiger partial charge in [0.15, 0.2) is 0 Å². The Kier molecular flexibility index (Phi) is 36.9. The lowest BCUT2D eigenvalue weighted by Gasteiger charge is -2.36. The van der Waals surface area contributed by atoms with Crippen molar-refractivity contribution in [3.8, 4) is 5.75 Å². The van der Waals surface area contributed by atoms with E-state index in [9.17, 15) is 63.3 Å². The van der Waals surface area contributed by atoms with Crippen LogP contribution in [0.25, 0.3) is 21.8 Å². The van der Waals surface area contributed by atoms with E-state index < -0.39 is 260 Å². The van der Waals surface area contributed by atoms with E-state index in [1.54, 1.807) is 60.9 Å². The number of aliphatic hydroxyl groups is 2. The molecule has 1 saturated carbocycles. The molecule has 3 aliphatic heterocycles. The van der Waals surface area contributed by atoms with Crippen LogP contribution in [0.15, 0.2) is 97.7 Å². The maximum atomic E-state index is 15.7. The number of carbonyl (C=O) groups is 18. The first-order valence-corrected chi connectivity index (χ1v) is 46.1. The maximum absolute atomic E-state index is 15.7. The Bertz CT molecular complexity index is 5240. The molecule has 1 unspecified atom stereocenters. The number of likely N-dealkylation sites (N-methyl/N-ethyl adjacent to an activating group) is 3. The number of H-pyrrole nitrogens is 3. The number of rotatable bonds is 25. The van der Waals surface area contributed by atoms with Crippen LogP contribution >= 0.6 is 11.8 Å². The van der Waals surface area contributed by atoms with Gasteiger partial charge in [0, 0.05) is 119 Å². The van der Waals surface area contributed by atoms with Crippen LogP contribution in [0.5, 0.6) is 5.75 Å². The van der Waals surface area contributed by atoms with Gasteiger partial charge in [-0.25, -0.2) is 4.98 Å². The smallest absolute Gasteiger partial charge is 0.246 e. The van der Waals surface area contributed by atoms with E-state index >= 15 is 38.4 Å². The lowest BCUT2D eigenvalue weighted by atomic mass is 10.00. The van der Waals surface area contributed by atoms with Crippen molar-refractivity contribution in [2.75, 3.05) is 58.9 Å². The molecule has 3 saturated heterocycles. The molecule has 1 aliphatic carbocycles. The lowest BCUT2D eigenvalue weighted by Crippen LogP contribution is -2.62. The fraction of sp³-hybridized carbons (Fsp3) is 0.522. The standard InChI is InChI=1S/C90H122N22O21S/c1-7-9-20-69-83(126)101-61(32-49-23-24-49)79(122)107-68(78(121)97-42-75(93)118)45-134-46-76(119)99-64(33-50-25-27-54(114)28-26-50)86(129)108(4)48(3)77(120)104-66(38-74(92)117)89(132)111-31-15-22-70(111)84(127)103-63(36-53-41-94-47-98-53)81(124)100-60(29-30-73(91)116)88(131)112-43-55(115)37-72(112)85(128)102-62(34-51-39-95-58-18-13-11-16-56(51)58)80(123)106-67(44-113)82(125)105-65(35-52-40-96-59-19-14-12-17-57(52)59)87(130)110(6)71(21-10-8-2)90(133)109(69)5/h11-14,16-19,25-28,39-41,47-49,55,60-72,95-96,113-115H,7-10,15,20-24,29-38,42-46H2,1-6H3,(H2,91,116)(H2,92,117)(H2,93,118)(H,94,98)(H,97,121)(H,99,119)(H,100,124)(H,101,126)(H,102,128)(H,103,127)(H,104,120)(H,105,125)(H,106,123)(H,107,122)/t48-,55+,60-,61-,62-,63-,64?,65-,66-,67-,68-,69-,70-,71-,72-/m0/s1. The number of hydrogen-bond donors (Lipinski definition) is 19. The van der Waals surface area contributed by atoms with Gasteiger partial charge in [0.05, 0.1) is 43.5 Å². The van der Waals surface area contributed by atoms with E-state index in [0.717, 1.165) is 31.4 Å². The number of fused-ring (bicyclic) bond motifs is 4. The van der Waals surface area contributed by atoms with Crippen LogP contribution in [0.4, 0.5) is 0 Å². The average molecular weight is 1880 g/mol. The van der Waals surface area contributed by atoms with E-state index in [0.29, 0.717) is 77.0 Å². The first kappa shape index (κ1) is 103. The zero-order chi connectivity index (χ0) is 97.3. The third kappa shape index (κ3) is 27.8. The van der Waals surface area contributed by atoms with Crippen molar-refractivity contribution in [1.29, 1.82) is 0 Å². The molecule has 15 atom stereocenters. The number of aromatic amines is 3. The van der Waals surface area contributed by atoms with Crippen molar-refractivity contribution < 1.29 is 102 Å². The zero-order valence-electron chi connectivity index (χ0n) is 75.7. The molecular weight excluding hydrogens is 1760 g/mol. The number of aromatic hydroxyl groups is 1. The van der Waals surface area contributed by atoms with Gasteiger partial charge in [-0.05, 0) is 92.3 Å². The summed E-state index contributed by atoms with van der Waals surface area (Å²) in [5.74, 6) is -18.4. The predicted octanol–water partition coefficient (Wildman–Crippen LogP) is -3.17. The van der Waals surface area contributed by atoms with Crippen LogP contribution in [-0.4, -0.2) is 316 Å². The Hall–Kier alpha value is -13.5. The van der Waals surface area contributed by atoms with Crippen LogP contribution < -0.4 is 70.4 Å². The molecule has 724 valence electrons. The molecule has 4 aliphatic rings. The van der Waals surface area contributed by atoms with E-state index in [1.807, 2.05) is 13.8 Å². The van der Waals surface area contributed by atoms with Crippen molar-refractivity contribution in [2.45, 2.75) is 233 Å². The van der Waals surface area contributed by atoms with Crippen LogP contribution in [0.1, 0.15) is 139 Å². The van der Waals surface area contributed by atoms with Gasteiger partial charge in [0.25, 0.3) is 0 Å².